The molecule has 0 N–H and O–H groups in total. The van der Waals surface area contributed by atoms with Crippen LogP contribution in [0.3, 0.4) is 0 Å². The molecule has 4 unspecified atom stereocenters. The molecule has 0 heterocycles. The van der Waals surface area contributed by atoms with E-state index >= 15 is 0 Å². The normalized spacial score (nSPS) is 34.8. The van der Waals surface area contributed by atoms with E-state index in [2.05, 4.69) is 41.5 Å². The van der Waals surface area contributed by atoms with Crippen molar-refractivity contribution < 1.29 is 56.1 Å². The topological polar surface area (TPSA) is 9.23 Å². The Balaban J connectivity index is 0.00000256. The van der Waals surface area contributed by atoms with Crippen LogP contribution in [0.1, 0.15) is 48.0 Å². The van der Waals surface area contributed by atoms with Gasteiger partial charge in [0.1, 0.15) is 0 Å². The van der Waals surface area contributed by atoms with Crippen LogP contribution in [-0.4, -0.2) is 13.2 Å². The fraction of sp³-hybridized carbons (Fsp3) is 0.933. The molecule has 96 valence electrons. The first-order valence-electron chi connectivity index (χ1n) is 6.85. The molecule has 17 heavy (non-hydrogen) atoms. The minimum Gasteiger partial charge on any atom is -0.413 e. The second-order valence-corrected chi connectivity index (χ2v) is 6.26. The van der Waals surface area contributed by atoms with E-state index in [4.69, 9.17) is 4.74 Å². The Bertz CT molecular complexity index is 205. The molecule has 0 saturated heterocycles. The van der Waals surface area contributed by atoms with Crippen molar-refractivity contribution in [3.63, 3.8) is 0 Å². The molecule has 0 aromatic rings. The SMILES string of the molecule is CC(C)COC[C-]1CC(C)C(C)C(C)C1C.[K+]. The second kappa shape index (κ2) is 8.70. The van der Waals surface area contributed by atoms with Crippen molar-refractivity contribution >= 4 is 0 Å². The number of ether oxygens (including phenoxy) is 1. The zero-order valence-electron chi connectivity index (χ0n) is 12.9. The molecule has 1 saturated carbocycles. The fourth-order valence-electron chi connectivity index (χ4n) is 2.75. The summed E-state index contributed by atoms with van der Waals surface area (Å²) in [6.07, 6.45) is 1.27. The van der Waals surface area contributed by atoms with Crippen LogP contribution in [0.2, 0.25) is 0 Å². The molecule has 2 heteroatoms. The molecule has 0 aromatic carbocycles. The third-order valence-corrected chi connectivity index (χ3v) is 4.48. The minimum absolute atomic E-state index is 0. The summed E-state index contributed by atoms with van der Waals surface area (Å²) < 4.78 is 5.80. The van der Waals surface area contributed by atoms with Crippen molar-refractivity contribution in [2.45, 2.75) is 48.0 Å². The van der Waals surface area contributed by atoms with Crippen molar-refractivity contribution in [2.75, 3.05) is 13.2 Å². The second-order valence-electron chi connectivity index (χ2n) is 6.26. The van der Waals surface area contributed by atoms with Crippen molar-refractivity contribution in [3.8, 4) is 0 Å². The predicted molar refractivity (Wildman–Crippen MR) is 70.2 cm³/mol. The summed E-state index contributed by atoms with van der Waals surface area (Å²) in [6.45, 7) is 15.8. The van der Waals surface area contributed by atoms with Gasteiger partial charge in [0.05, 0.1) is 0 Å². The number of rotatable bonds is 4. The molecule has 1 aliphatic carbocycles. The zero-order valence-corrected chi connectivity index (χ0v) is 16.0. The van der Waals surface area contributed by atoms with Crippen LogP contribution in [0.4, 0.5) is 0 Å². The van der Waals surface area contributed by atoms with E-state index in [-0.39, 0.29) is 51.4 Å². The smallest absolute Gasteiger partial charge is 0.413 e. The van der Waals surface area contributed by atoms with Gasteiger partial charge in [0.25, 0.3) is 0 Å². The molecule has 0 radical (unpaired) electrons. The number of hydrogen-bond acceptors (Lipinski definition) is 1. The van der Waals surface area contributed by atoms with Gasteiger partial charge in [0.15, 0.2) is 0 Å². The molecule has 0 aliphatic heterocycles. The first-order chi connectivity index (χ1) is 7.43. The van der Waals surface area contributed by atoms with Gasteiger partial charge in [-0.3, -0.25) is 5.92 Å². The van der Waals surface area contributed by atoms with Gasteiger partial charge in [-0.05, 0) is 11.8 Å². The van der Waals surface area contributed by atoms with Crippen LogP contribution in [0, 0.1) is 35.5 Å². The molecule has 1 rings (SSSR count). The van der Waals surface area contributed by atoms with E-state index in [0.29, 0.717) is 5.92 Å². The van der Waals surface area contributed by atoms with E-state index in [1.165, 1.54) is 6.42 Å². The Hall–Kier alpha value is 1.60. The maximum atomic E-state index is 5.80. The quantitative estimate of drug-likeness (QED) is 0.547. The van der Waals surface area contributed by atoms with Gasteiger partial charge >= 0.3 is 51.4 Å². The van der Waals surface area contributed by atoms with Crippen LogP contribution in [0.5, 0.6) is 0 Å². The molecule has 1 fully saturated rings. The summed E-state index contributed by atoms with van der Waals surface area (Å²) in [4.78, 5) is 0. The molecule has 0 aromatic heterocycles. The van der Waals surface area contributed by atoms with Gasteiger partial charge < -0.3 is 4.74 Å². The Kier molecular flexibility index (Phi) is 9.52. The van der Waals surface area contributed by atoms with E-state index in [0.717, 1.165) is 36.9 Å². The van der Waals surface area contributed by atoms with Crippen molar-refractivity contribution in [3.05, 3.63) is 5.92 Å². The summed E-state index contributed by atoms with van der Waals surface area (Å²) in [5.74, 6) is 5.50. The van der Waals surface area contributed by atoms with E-state index < -0.39 is 0 Å². The Labute approximate surface area is 151 Å². The van der Waals surface area contributed by atoms with Crippen LogP contribution in [0.15, 0.2) is 0 Å². The van der Waals surface area contributed by atoms with Gasteiger partial charge in [-0.2, -0.15) is 12.3 Å². The average molecular weight is 264 g/mol. The third kappa shape index (κ3) is 5.62. The van der Waals surface area contributed by atoms with Gasteiger partial charge in [-0.15, -0.1) is 0 Å². The van der Waals surface area contributed by atoms with E-state index in [1.807, 2.05) is 0 Å². The van der Waals surface area contributed by atoms with Crippen molar-refractivity contribution in [2.24, 2.45) is 29.6 Å². The van der Waals surface area contributed by atoms with Crippen LogP contribution in [-0.2, 0) is 4.74 Å². The Morgan fingerprint density at radius 3 is 2.24 bits per heavy atom. The van der Waals surface area contributed by atoms with E-state index in [9.17, 15) is 0 Å². The summed E-state index contributed by atoms with van der Waals surface area (Å²) in [6, 6.07) is 0. The summed E-state index contributed by atoms with van der Waals surface area (Å²) in [5, 5.41) is 0. The van der Waals surface area contributed by atoms with Crippen LogP contribution in [0.25, 0.3) is 0 Å². The molecule has 0 spiro atoms. The van der Waals surface area contributed by atoms with Crippen LogP contribution < -0.4 is 51.4 Å². The Morgan fingerprint density at radius 1 is 1.12 bits per heavy atom. The standard InChI is InChI=1S/C15H29O.K/c1-10(2)8-16-9-15-7-11(3)12(4)13(5)14(15)6;/h10-14H,7-9H2,1-6H3;/q-1;+1. The molecule has 1 nitrogen and oxygen atoms in total. The maximum Gasteiger partial charge on any atom is 1.00 e. The van der Waals surface area contributed by atoms with Crippen molar-refractivity contribution in [1.29, 1.82) is 0 Å². The third-order valence-electron chi connectivity index (χ3n) is 4.48. The first-order valence-corrected chi connectivity index (χ1v) is 6.85. The molecular formula is C15H29KO. The van der Waals surface area contributed by atoms with E-state index in [1.54, 1.807) is 5.92 Å². The predicted octanol–water partition coefficient (Wildman–Crippen LogP) is 1.19. The van der Waals surface area contributed by atoms with Gasteiger partial charge in [-0.25, -0.2) is 0 Å². The largest absolute Gasteiger partial charge is 1.00 e. The molecule has 0 amide bonds. The van der Waals surface area contributed by atoms with Crippen LogP contribution >= 0.6 is 0 Å². The van der Waals surface area contributed by atoms with Crippen molar-refractivity contribution in [1.82, 2.24) is 0 Å². The maximum absolute atomic E-state index is 5.80. The Morgan fingerprint density at radius 2 is 1.71 bits per heavy atom. The molecule has 0 bridgehead atoms. The summed E-state index contributed by atoms with van der Waals surface area (Å²) in [7, 11) is 0. The summed E-state index contributed by atoms with van der Waals surface area (Å²) in [5.41, 5.74) is 0. The fourth-order valence-corrected chi connectivity index (χ4v) is 2.75. The van der Waals surface area contributed by atoms with Gasteiger partial charge in [-0.1, -0.05) is 60.0 Å². The monoisotopic (exact) mass is 264 g/mol. The summed E-state index contributed by atoms with van der Waals surface area (Å²) >= 11 is 0. The molecule has 4 atom stereocenters. The first kappa shape index (κ1) is 18.6. The van der Waals surface area contributed by atoms with Gasteiger partial charge in [0, 0.05) is 6.61 Å². The molecular weight excluding hydrogens is 235 g/mol. The van der Waals surface area contributed by atoms with Gasteiger partial charge in [0.2, 0.25) is 0 Å². The zero-order chi connectivity index (χ0) is 12.3. The minimum atomic E-state index is 0. The average Bonchev–Trinajstić information content (AvgIpc) is 2.22. The molecule has 1 aliphatic rings. The number of hydrogen-bond donors (Lipinski definition) is 0.